The lowest BCUT2D eigenvalue weighted by molar-refractivity contribution is 0.153. The summed E-state index contributed by atoms with van der Waals surface area (Å²) in [5.74, 6) is 0.859. The Morgan fingerprint density at radius 2 is 2.09 bits per heavy atom. The zero-order valence-electron chi connectivity index (χ0n) is 12.4. The molecule has 0 amide bonds. The first-order valence-corrected chi connectivity index (χ1v) is 7.40. The van der Waals surface area contributed by atoms with Gasteiger partial charge in [0.05, 0.1) is 23.9 Å². The average molecular weight is 316 g/mol. The second-order valence-electron chi connectivity index (χ2n) is 5.65. The number of alkyl halides is 2. The minimum atomic E-state index is -2.61. The fourth-order valence-electron chi connectivity index (χ4n) is 2.74. The summed E-state index contributed by atoms with van der Waals surface area (Å²) in [5, 5.41) is 4.34. The molecule has 1 aliphatic carbocycles. The van der Waals surface area contributed by atoms with E-state index in [9.17, 15) is 8.78 Å². The van der Waals surface area contributed by atoms with E-state index in [0.29, 0.717) is 28.1 Å². The Balaban J connectivity index is 1.91. The third-order valence-corrected chi connectivity index (χ3v) is 4.07. The fourth-order valence-corrected chi connectivity index (χ4v) is 2.74. The highest BCUT2D eigenvalue weighted by molar-refractivity contribution is 5.84. The van der Waals surface area contributed by atoms with Crippen LogP contribution in [0.5, 0.6) is 5.75 Å². The zero-order chi connectivity index (χ0) is 16.0. The fraction of sp³-hybridized carbons (Fsp3) is 0.294. The molecule has 0 aliphatic heterocycles. The monoisotopic (exact) mass is 316 g/mol. The van der Waals surface area contributed by atoms with Gasteiger partial charge < -0.3 is 9.26 Å². The van der Waals surface area contributed by atoms with Crippen LogP contribution in [0, 0.1) is 0 Å². The predicted octanol–water partition coefficient (Wildman–Crippen LogP) is 4.71. The number of benzene rings is 1. The number of methoxy groups -OCH3 is 1. The Hall–Kier alpha value is -2.50. The second kappa shape index (κ2) is 5.30. The molecule has 2 heterocycles. The highest BCUT2D eigenvalue weighted by Crippen LogP contribution is 2.45. The minimum absolute atomic E-state index is 0.0732. The van der Waals surface area contributed by atoms with Crippen LogP contribution in [0.4, 0.5) is 8.78 Å². The molecular formula is C17H14F2N2O2. The first-order chi connectivity index (χ1) is 11.2. The first kappa shape index (κ1) is 14.1. The van der Waals surface area contributed by atoms with Crippen molar-refractivity contribution in [3.05, 3.63) is 41.6 Å². The maximum absolute atomic E-state index is 13.6. The Kier molecular flexibility index (Phi) is 3.25. The number of aromatic nitrogens is 2. The highest BCUT2D eigenvalue weighted by Gasteiger charge is 2.32. The van der Waals surface area contributed by atoms with E-state index in [-0.39, 0.29) is 17.2 Å². The van der Waals surface area contributed by atoms with Gasteiger partial charge in [-0.1, -0.05) is 17.3 Å². The van der Waals surface area contributed by atoms with Crippen LogP contribution in [0.3, 0.4) is 0 Å². The molecule has 4 rings (SSSR count). The van der Waals surface area contributed by atoms with Crippen molar-refractivity contribution in [1.29, 1.82) is 0 Å². The van der Waals surface area contributed by atoms with Crippen LogP contribution in [-0.2, 0) is 0 Å². The van der Waals surface area contributed by atoms with Crippen molar-refractivity contribution in [3.8, 4) is 17.0 Å². The van der Waals surface area contributed by atoms with Gasteiger partial charge in [-0.2, -0.15) is 0 Å². The number of hydrogen-bond donors (Lipinski definition) is 0. The van der Waals surface area contributed by atoms with Crippen molar-refractivity contribution in [2.45, 2.75) is 25.2 Å². The average Bonchev–Trinajstić information content (AvgIpc) is 3.33. The normalized spacial score (nSPS) is 14.6. The molecule has 0 radical (unpaired) electrons. The summed E-state index contributed by atoms with van der Waals surface area (Å²) in [7, 11) is 1.55. The molecule has 0 saturated heterocycles. The number of nitrogens with zero attached hydrogens (tertiary/aromatic N) is 2. The van der Waals surface area contributed by atoms with Crippen LogP contribution < -0.4 is 4.74 Å². The predicted molar refractivity (Wildman–Crippen MR) is 80.7 cm³/mol. The molecule has 1 fully saturated rings. The van der Waals surface area contributed by atoms with Crippen LogP contribution in [0.25, 0.3) is 22.4 Å². The molecule has 1 saturated carbocycles. The number of ether oxygens (including phenoxy) is 1. The topological polar surface area (TPSA) is 48.2 Å². The van der Waals surface area contributed by atoms with E-state index >= 15 is 0 Å². The first-order valence-electron chi connectivity index (χ1n) is 7.40. The summed E-state index contributed by atoms with van der Waals surface area (Å²) >= 11 is 0. The lowest BCUT2D eigenvalue weighted by Gasteiger charge is -2.07. The van der Waals surface area contributed by atoms with Crippen LogP contribution in [0.15, 0.2) is 34.9 Å². The highest BCUT2D eigenvalue weighted by atomic mass is 19.3. The summed E-state index contributed by atoms with van der Waals surface area (Å²) in [5.41, 5.74) is 1.82. The quantitative estimate of drug-likeness (QED) is 0.699. The molecule has 23 heavy (non-hydrogen) atoms. The van der Waals surface area contributed by atoms with Gasteiger partial charge in [-0.3, -0.25) is 0 Å². The summed E-state index contributed by atoms with van der Waals surface area (Å²) < 4.78 is 37.5. The number of rotatable bonds is 4. The SMILES string of the molecule is COc1cccc(-c2cc(C(F)F)c3c(C4CC4)noc3n2)c1. The largest absolute Gasteiger partial charge is 0.497 e. The standard InChI is InChI=1S/C17H14F2N2O2/c1-22-11-4-2-3-10(7-11)13-8-12(16(18)19)14-15(9-5-6-9)21-23-17(14)20-13/h2-4,7-9,16H,5-6H2,1H3. The van der Waals surface area contributed by atoms with E-state index in [1.165, 1.54) is 6.07 Å². The molecule has 1 aliphatic rings. The molecule has 0 N–H and O–H groups in total. The van der Waals surface area contributed by atoms with Crippen LogP contribution in [-0.4, -0.2) is 17.3 Å². The number of pyridine rings is 1. The number of halogens is 2. The summed E-state index contributed by atoms with van der Waals surface area (Å²) in [6, 6.07) is 8.55. The van der Waals surface area contributed by atoms with Gasteiger partial charge in [0.25, 0.3) is 12.1 Å². The Bertz CT molecular complexity index is 872. The molecule has 2 aromatic heterocycles. The van der Waals surface area contributed by atoms with E-state index < -0.39 is 6.43 Å². The van der Waals surface area contributed by atoms with Gasteiger partial charge in [0.1, 0.15) is 5.75 Å². The van der Waals surface area contributed by atoms with Crippen molar-refractivity contribution < 1.29 is 18.0 Å². The van der Waals surface area contributed by atoms with Crippen molar-refractivity contribution in [3.63, 3.8) is 0 Å². The van der Waals surface area contributed by atoms with Crippen LogP contribution >= 0.6 is 0 Å². The van der Waals surface area contributed by atoms with Crippen molar-refractivity contribution in [2.24, 2.45) is 0 Å². The Labute approximate surface area is 131 Å². The van der Waals surface area contributed by atoms with Crippen LogP contribution in [0.2, 0.25) is 0 Å². The van der Waals surface area contributed by atoms with Crippen molar-refractivity contribution in [1.82, 2.24) is 10.1 Å². The number of hydrogen-bond acceptors (Lipinski definition) is 4. The summed E-state index contributed by atoms with van der Waals surface area (Å²) in [6.45, 7) is 0. The molecule has 118 valence electrons. The second-order valence-corrected chi connectivity index (χ2v) is 5.65. The van der Waals surface area contributed by atoms with E-state index in [0.717, 1.165) is 12.8 Å². The minimum Gasteiger partial charge on any atom is -0.497 e. The lowest BCUT2D eigenvalue weighted by Crippen LogP contribution is -1.94. The molecular weight excluding hydrogens is 302 g/mol. The van der Waals surface area contributed by atoms with Gasteiger partial charge in [-0.05, 0) is 31.0 Å². The van der Waals surface area contributed by atoms with Crippen molar-refractivity contribution in [2.75, 3.05) is 7.11 Å². The Morgan fingerprint density at radius 1 is 1.26 bits per heavy atom. The van der Waals surface area contributed by atoms with E-state index in [1.54, 1.807) is 31.4 Å². The summed E-state index contributed by atoms with van der Waals surface area (Å²) in [6.07, 6.45) is -0.689. The molecule has 1 aromatic carbocycles. The van der Waals surface area contributed by atoms with Gasteiger partial charge >= 0.3 is 0 Å². The third-order valence-electron chi connectivity index (χ3n) is 4.07. The van der Waals surface area contributed by atoms with Gasteiger partial charge in [0.2, 0.25) is 0 Å². The van der Waals surface area contributed by atoms with E-state index in [2.05, 4.69) is 10.1 Å². The number of fused-ring (bicyclic) bond motifs is 1. The Morgan fingerprint density at radius 3 is 2.78 bits per heavy atom. The molecule has 0 spiro atoms. The smallest absolute Gasteiger partial charge is 0.264 e. The molecule has 0 unspecified atom stereocenters. The maximum atomic E-state index is 13.6. The molecule has 0 bridgehead atoms. The van der Waals surface area contributed by atoms with Crippen molar-refractivity contribution >= 4 is 11.1 Å². The maximum Gasteiger partial charge on any atom is 0.264 e. The summed E-state index contributed by atoms with van der Waals surface area (Å²) in [4.78, 5) is 4.38. The van der Waals surface area contributed by atoms with Gasteiger partial charge in [-0.15, -0.1) is 0 Å². The van der Waals surface area contributed by atoms with E-state index in [1.807, 2.05) is 0 Å². The van der Waals surface area contributed by atoms with E-state index in [4.69, 9.17) is 9.26 Å². The lowest BCUT2D eigenvalue weighted by atomic mass is 10.0. The zero-order valence-corrected chi connectivity index (χ0v) is 12.4. The van der Waals surface area contributed by atoms with Gasteiger partial charge in [0, 0.05) is 17.0 Å². The van der Waals surface area contributed by atoms with Gasteiger partial charge in [-0.25, -0.2) is 13.8 Å². The third kappa shape index (κ3) is 2.44. The molecule has 3 aromatic rings. The van der Waals surface area contributed by atoms with Gasteiger partial charge in [0.15, 0.2) is 0 Å². The molecule has 6 heteroatoms. The molecule has 0 atom stereocenters. The van der Waals surface area contributed by atoms with Crippen LogP contribution in [0.1, 0.15) is 36.4 Å². The molecule has 4 nitrogen and oxygen atoms in total.